The van der Waals surface area contributed by atoms with Crippen molar-refractivity contribution in [3.63, 3.8) is 0 Å². The molecule has 156 valence electrons. The standard InChI is InChI=1S/C23H23ClN2O3S/c1-16-7-13-21(14-8-16)30(28,29)26(22-6-4-5-17(2)18(22)3)15-23(27)25-20-11-9-19(24)10-12-20/h4-14H,15H2,1-3H3,(H,25,27). The van der Waals surface area contributed by atoms with Crippen LogP contribution in [0.4, 0.5) is 11.4 Å². The third-order valence-electron chi connectivity index (χ3n) is 4.87. The second kappa shape index (κ2) is 8.90. The molecule has 0 unspecified atom stereocenters. The van der Waals surface area contributed by atoms with Gasteiger partial charge in [-0.1, -0.05) is 41.4 Å². The highest BCUT2D eigenvalue weighted by molar-refractivity contribution is 7.92. The van der Waals surface area contributed by atoms with E-state index in [0.717, 1.165) is 21.0 Å². The average Bonchev–Trinajstić information content (AvgIpc) is 2.70. The molecule has 5 nitrogen and oxygen atoms in total. The molecule has 0 aromatic heterocycles. The first-order valence-corrected chi connectivity index (χ1v) is 11.2. The Balaban J connectivity index is 1.99. The minimum absolute atomic E-state index is 0.133. The van der Waals surface area contributed by atoms with Gasteiger partial charge in [-0.3, -0.25) is 9.10 Å². The number of nitrogens with zero attached hydrogens (tertiary/aromatic N) is 1. The van der Waals surface area contributed by atoms with Crippen molar-refractivity contribution < 1.29 is 13.2 Å². The molecule has 7 heteroatoms. The van der Waals surface area contributed by atoms with E-state index in [9.17, 15) is 13.2 Å². The molecule has 0 saturated heterocycles. The first-order valence-electron chi connectivity index (χ1n) is 9.39. The normalized spacial score (nSPS) is 11.2. The summed E-state index contributed by atoms with van der Waals surface area (Å²) in [6.45, 7) is 5.28. The van der Waals surface area contributed by atoms with Crippen LogP contribution in [0.5, 0.6) is 0 Å². The summed E-state index contributed by atoms with van der Waals surface area (Å²) in [7, 11) is -3.95. The number of nitrogens with one attached hydrogen (secondary N) is 1. The number of anilines is 2. The number of amides is 1. The smallest absolute Gasteiger partial charge is 0.264 e. The fourth-order valence-electron chi connectivity index (χ4n) is 3.01. The molecule has 0 bridgehead atoms. The number of sulfonamides is 1. The molecular formula is C23H23ClN2O3S. The van der Waals surface area contributed by atoms with Gasteiger partial charge in [0.2, 0.25) is 5.91 Å². The summed E-state index contributed by atoms with van der Waals surface area (Å²) >= 11 is 5.88. The molecule has 0 fully saturated rings. The summed E-state index contributed by atoms with van der Waals surface area (Å²) in [5.41, 5.74) is 3.70. The first kappa shape index (κ1) is 21.9. The van der Waals surface area contributed by atoms with Crippen LogP contribution >= 0.6 is 11.6 Å². The van der Waals surface area contributed by atoms with E-state index in [1.807, 2.05) is 26.8 Å². The SMILES string of the molecule is Cc1ccc(S(=O)(=O)N(CC(=O)Nc2ccc(Cl)cc2)c2cccc(C)c2C)cc1. The number of aryl methyl sites for hydroxylation is 2. The number of benzene rings is 3. The summed E-state index contributed by atoms with van der Waals surface area (Å²) < 4.78 is 28.1. The maximum atomic E-state index is 13.5. The van der Waals surface area contributed by atoms with E-state index < -0.39 is 15.9 Å². The number of carbonyl (C=O) groups excluding carboxylic acids is 1. The van der Waals surface area contributed by atoms with Gasteiger partial charge in [0.1, 0.15) is 6.54 Å². The van der Waals surface area contributed by atoms with Crippen molar-refractivity contribution in [3.8, 4) is 0 Å². The van der Waals surface area contributed by atoms with E-state index >= 15 is 0 Å². The molecule has 0 spiro atoms. The van der Waals surface area contributed by atoms with Crippen LogP contribution in [0.15, 0.2) is 71.6 Å². The van der Waals surface area contributed by atoms with Crippen LogP contribution in [0.3, 0.4) is 0 Å². The highest BCUT2D eigenvalue weighted by Crippen LogP contribution is 2.29. The summed E-state index contributed by atoms with van der Waals surface area (Å²) in [5, 5.41) is 3.28. The summed E-state index contributed by atoms with van der Waals surface area (Å²) in [6, 6.07) is 18.6. The number of hydrogen-bond donors (Lipinski definition) is 1. The Morgan fingerprint density at radius 3 is 2.20 bits per heavy atom. The Kier molecular flexibility index (Phi) is 6.48. The van der Waals surface area contributed by atoms with Crippen molar-refractivity contribution in [2.75, 3.05) is 16.2 Å². The third kappa shape index (κ3) is 4.83. The van der Waals surface area contributed by atoms with Crippen LogP contribution < -0.4 is 9.62 Å². The van der Waals surface area contributed by atoms with Gasteiger partial charge in [-0.05, 0) is 74.4 Å². The lowest BCUT2D eigenvalue weighted by Crippen LogP contribution is -2.38. The van der Waals surface area contributed by atoms with Gasteiger partial charge in [-0.2, -0.15) is 0 Å². The molecule has 3 aromatic rings. The predicted molar refractivity (Wildman–Crippen MR) is 122 cm³/mol. The Hall–Kier alpha value is -2.83. The molecule has 1 amide bonds. The quantitative estimate of drug-likeness (QED) is 0.577. The minimum Gasteiger partial charge on any atom is -0.325 e. The van der Waals surface area contributed by atoms with Gasteiger partial charge in [0.25, 0.3) is 10.0 Å². The van der Waals surface area contributed by atoms with Crippen LogP contribution in [0.1, 0.15) is 16.7 Å². The van der Waals surface area contributed by atoms with E-state index in [1.54, 1.807) is 60.7 Å². The van der Waals surface area contributed by atoms with Gasteiger partial charge in [0.15, 0.2) is 0 Å². The van der Waals surface area contributed by atoms with Crippen molar-refractivity contribution in [2.45, 2.75) is 25.7 Å². The topological polar surface area (TPSA) is 66.5 Å². The molecule has 0 heterocycles. The predicted octanol–water partition coefficient (Wildman–Crippen LogP) is 5.10. The minimum atomic E-state index is -3.95. The number of hydrogen-bond acceptors (Lipinski definition) is 3. The van der Waals surface area contributed by atoms with E-state index in [4.69, 9.17) is 11.6 Å². The van der Waals surface area contributed by atoms with E-state index in [2.05, 4.69) is 5.32 Å². The Labute approximate surface area is 182 Å². The maximum Gasteiger partial charge on any atom is 0.264 e. The van der Waals surface area contributed by atoms with Crippen molar-refractivity contribution in [3.05, 3.63) is 88.4 Å². The molecule has 3 aromatic carbocycles. The second-order valence-electron chi connectivity index (χ2n) is 7.10. The van der Waals surface area contributed by atoms with Crippen molar-refractivity contribution in [1.29, 1.82) is 0 Å². The van der Waals surface area contributed by atoms with E-state index in [-0.39, 0.29) is 11.4 Å². The monoisotopic (exact) mass is 442 g/mol. The summed E-state index contributed by atoms with van der Waals surface area (Å²) in [6.07, 6.45) is 0. The lowest BCUT2D eigenvalue weighted by Gasteiger charge is -2.26. The van der Waals surface area contributed by atoms with Gasteiger partial charge in [0.05, 0.1) is 10.6 Å². The zero-order chi connectivity index (χ0) is 21.9. The van der Waals surface area contributed by atoms with E-state index in [1.165, 1.54) is 0 Å². The highest BCUT2D eigenvalue weighted by atomic mass is 35.5. The van der Waals surface area contributed by atoms with Gasteiger partial charge >= 0.3 is 0 Å². The van der Waals surface area contributed by atoms with Crippen LogP contribution in [-0.2, 0) is 14.8 Å². The zero-order valence-corrected chi connectivity index (χ0v) is 18.6. The fourth-order valence-corrected chi connectivity index (χ4v) is 4.61. The van der Waals surface area contributed by atoms with Crippen LogP contribution in [0.25, 0.3) is 0 Å². The lowest BCUT2D eigenvalue weighted by atomic mass is 10.1. The van der Waals surface area contributed by atoms with Crippen molar-refractivity contribution in [1.82, 2.24) is 0 Å². The maximum absolute atomic E-state index is 13.5. The van der Waals surface area contributed by atoms with Gasteiger partial charge in [-0.15, -0.1) is 0 Å². The van der Waals surface area contributed by atoms with E-state index in [0.29, 0.717) is 16.4 Å². The summed E-state index contributed by atoms with van der Waals surface area (Å²) in [5.74, 6) is -0.450. The van der Waals surface area contributed by atoms with Crippen molar-refractivity contribution in [2.24, 2.45) is 0 Å². The molecular weight excluding hydrogens is 420 g/mol. The largest absolute Gasteiger partial charge is 0.325 e. The zero-order valence-electron chi connectivity index (χ0n) is 17.0. The molecule has 30 heavy (non-hydrogen) atoms. The Morgan fingerprint density at radius 2 is 1.57 bits per heavy atom. The Bertz CT molecular complexity index is 1160. The third-order valence-corrected chi connectivity index (χ3v) is 6.89. The first-order chi connectivity index (χ1) is 14.2. The second-order valence-corrected chi connectivity index (χ2v) is 9.40. The number of rotatable bonds is 6. The molecule has 0 aliphatic rings. The van der Waals surface area contributed by atoms with Crippen LogP contribution in [-0.4, -0.2) is 20.9 Å². The molecule has 0 aliphatic carbocycles. The Morgan fingerprint density at radius 1 is 0.933 bits per heavy atom. The molecule has 0 atom stereocenters. The lowest BCUT2D eigenvalue weighted by molar-refractivity contribution is -0.114. The van der Waals surface area contributed by atoms with Crippen molar-refractivity contribution >= 4 is 38.9 Å². The molecule has 0 saturated carbocycles. The van der Waals surface area contributed by atoms with Gasteiger partial charge < -0.3 is 5.32 Å². The average molecular weight is 443 g/mol. The fraction of sp³-hybridized carbons (Fsp3) is 0.174. The van der Waals surface area contributed by atoms with Gasteiger partial charge in [0, 0.05) is 10.7 Å². The van der Waals surface area contributed by atoms with Crippen LogP contribution in [0.2, 0.25) is 5.02 Å². The van der Waals surface area contributed by atoms with Gasteiger partial charge in [-0.25, -0.2) is 8.42 Å². The molecule has 0 radical (unpaired) electrons. The summed E-state index contributed by atoms with van der Waals surface area (Å²) in [4.78, 5) is 12.9. The number of halogens is 1. The highest BCUT2D eigenvalue weighted by Gasteiger charge is 2.28. The molecule has 0 aliphatic heterocycles. The molecule has 3 rings (SSSR count). The van der Waals surface area contributed by atoms with Crippen LogP contribution in [0, 0.1) is 20.8 Å². The molecule has 1 N–H and O–H groups in total. The number of carbonyl (C=O) groups is 1.